The van der Waals surface area contributed by atoms with Crippen molar-refractivity contribution in [3.05, 3.63) is 47.9 Å². The van der Waals surface area contributed by atoms with Crippen molar-refractivity contribution in [2.24, 2.45) is 0 Å². The van der Waals surface area contributed by atoms with Crippen LogP contribution in [0.3, 0.4) is 0 Å². The van der Waals surface area contributed by atoms with E-state index < -0.39 is 5.97 Å². The van der Waals surface area contributed by atoms with E-state index in [1.54, 1.807) is 12.5 Å². The van der Waals surface area contributed by atoms with Crippen LogP contribution in [0.5, 0.6) is 0 Å². The number of nitrogens with zero attached hydrogens (tertiary/aromatic N) is 1. The normalized spacial score (nSPS) is 19.8. The van der Waals surface area contributed by atoms with Gasteiger partial charge in [-0.05, 0) is 66.9 Å². The molecule has 0 atom stereocenters. The highest BCUT2D eigenvalue weighted by Gasteiger charge is 2.41. The molecule has 120 valence electrons. The molecule has 0 radical (unpaired) electrons. The number of aryl methyl sites for hydroxylation is 1. The Morgan fingerprint density at radius 2 is 2.00 bits per heavy atom. The van der Waals surface area contributed by atoms with Crippen LogP contribution >= 0.6 is 0 Å². The molecule has 23 heavy (non-hydrogen) atoms. The van der Waals surface area contributed by atoms with Gasteiger partial charge in [0.25, 0.3) is 0 Å². The maximum absolute atomic E-state index is 10.9. The molecule has 1 N–H and O–H groups in total. The van der Waals surface area contributed by atoms with Crippen LogP contribution in [0.1, 0.15) is 30.4 Å². The number of carboxylic acids is 1. The van der Waals surface area contributed by atoms with Crippen molar-refractivity contribution in [2.45, 2.75) is 31.1 Å². The third kappa shape index (κ3) is 2.57. The highest BCUT2D eigenvalue weighted by atomic mass is 16.4. The summed E-state index contributed by atoms with van der Waals surface area (Å²) in [5.74, 6) is -0.725. The zero-order valence-corrected chi connectivity index (χ0v) is 13.1. The van der Waals surface area contributed by atoms with Crippen molar-refractivity contribution in [1.29, 1.82) is 0 Å². The fourth-order valence-electron chi connectivity index (χ4n) is 4.28. The lowest BCUT2D eigenvalue weighted by molar-refractivity contribution is -0.138. The molecule has 0 bridgehead atoms. The van der Waals surface area contributed by atoms with E-state index in [0.717, 1.165) is 37.9 Å². The highest BCUT2D eigenvalue weighted by Crippen LogP contribution is 2.47. The zero-order chi connectivity index (χ0) is 15.9. The first-order valence-corrected chi connectivity index (χ1v) is 8.26. The standard InChI is InChI=1S/C19H21NO3/c21-18(22)12-20-8-6-19(7-9-20)5-3-15-11-14(1-2-17(15)19)16-4-10-23-13-16/h1-2,4,10-11,13H,3,5-9,12H2,(H,21,22). The van der Waals surface area contributed by atoms with Gasteiger partial charge in [0.1, 0.15) is 0 Å². The molecule has 4 rings (SSSR count). The molecule has 4 heteroatoms. The minimum atomic E-state index is -0.725. The summed E-state index contributed by atoms with van der Waals surface area (Å²) in [7, 11) is 0. The molecule has 1 aliphatic carbocycles. The second-order valence-electron chi connectivity index (χ2n) is 6.83. The van der Waals surface area contributed by atoms with Gasteiger partial charge >= 0.3 is 5.97 Å². The van der Waals surface area contributed by atoms with Crippen LogP contribution in [-0.2, 0) is 16.6 Å². The van der Waals surface area contributed by atoms with E-state index in [9.17, 15) is 4.79 Å². The number of hydrogen-bond acceptors (Lipinski definition) is 3. The monoisotopic (exact) mass is 311 g/mol. The van der Waals surface area contributed by atoms with Crippen LogP contribution in [0.25, 0.3) is 11.1 Å². The second kappa shape index (κ2) is 5.53. The summed E-state index contributed by atoms with van der Waals surface area (Å²) < 4.78 is 5.19. The van der Waals surface area contributed by atoms with Gasteiger partial charge in [-0.3, -0.25) is 9.69 Å². The second-order valence-corrected chi connectivity index (χ2v) is 6.83. The molecule has 1 fully saturated rings. The van der Waals surface area contributed by atoms with E-state index >= 15 is 0 Å². The molecular formula is C19H21NO3. The molecule has 1 aromatic heterocycles. The fourth-order valence-corrected chi connectivity index (χ4v) is 4.28. The largest absolute Gasteiger partial charge is 0.480 e. The number of hydrogen-bond donors (Lipinski definition) is 1. The molecular weight excluding hydrogens is 290 g/mol. The summed E-state index contributed by atoms with van der Waals surface area (Å²) in [6.45, 7) is 1.94. The van der Waals surface area contributed by atoms with Gasteiger partial charge < -0.3 is 9.52 Å². The molecule has 0 saturated carbocycles. The number of carboxylic acid groups (broad SMARTS) is 1. The van der Waals surface area contributed by atoms with Crippen molar-refractivity contribution in [1.82, 2.24) is 4.90 Å². The van der Waals surface area contributed by atoms with Crippen molar-refractivity contribution in [2.75, 3.05) is 19.6 Å². The number of carbonyl (C=O) groups is 1. The Bertz CT molecular complexity index is 712. The number of aliphatic carboxylic acids is 1. The highest BCUT2D eigenvalue weighted by molar-refractivity contribution is 5.69. The van der Waals surface area contributed by atoms with Crippen molar-refractivity contribution in [3.8, 4) is 11.1 Å². The lowest BCUT2D eigenvalue weighted by atomic mass is 9.73. The summed E-state index contributed by atoms with van der Waals surface area (Å²) >= 11 is 0. The summed E-state index contributed by atoms with van der Waals surface area (Å²) in [6.07, 6.45) is 7.95. The van der Waals surface area contributed by atoms with Gasteiger partial charge in [0.15, 0.2) is 0 Å². The van der Waals surface area contributed by atoms with Crippen LogP contribution in [0.2, 0.25) is 0 Å². The Morgan fingerprint density at radius 1 is 1.17 bits per heavy atom. The Kier molecular flexibility index (Phi) is 3.49. The van der Waals surface area contributed by atoms with Gasteiger partial charge in [-0.15, -0.1) is 0 Å². The Hall–Kier alpha value is -2.07. The number of likely N-dealkylation sites (tertiary alicyclic amines) is 1. The third-order valence-electron chi connectivity index (χ3n) is 5.58. The number of fused-ring (bicyclic) bond motifs is 2. The summed E-state index contributed by atoms with van der Waals surface area (Å²) in [6, 6.07) is 8.79. The lowest BCUT2D eigenvalue weighted by Crippen LogP contribution is -2.43. The molecule has 0 unspecified atom stereocenters. The lowest BCUT2D eigenvalue weighted by Gasteiger charge is -2.39. The average molecular weight is 311 g/mol. The Balaban J connectivity index is 1.56. The van der Waals surface area contributed by atoms with Gasteiger partial charge in [0.05, 0.1) is 19.1 Å². The number of benzene rings is 1. The third-order valence-corrected chi connectivity index (χ3v) is 5.58. The molecule has 2 heterocycles. The first-order chi connectivity index (χ1) is 11.2. The van der Waals surface area contributed by atoms with E-state index in [2.05, 4.69) is 23.1 Å². The van der Waals surface area contributed by atoms with Gasteiger partial charge in [-0.2, -0.15) is 0 Å². The van der Waals surface area contributed by atoms with Gasteiger partial charge in [-0.1, -0.05) is 18.2 Å². The molecule has 0 amide bonds. The van der Waals surface area contributed by atoms with E-state index in [-0.39, 0.29) is 12.0 Å². The molecule has 2 aromatic rings. The van der Waals surface area contributed by atoms with Crippen LogP contribution in [0, 0.1) is 0 Å². The van der Waals surface area contributed by atoms with E-state index in [4.69, 9.17) is 9.52 Å². The van der Waals surface area contributed by atoms with Crippen molar-refractivity contribution in [3.63, 3.8) is 0 Å². The predicted molar refractivity (Wildman–Crippen MR) is 87.5 cm³/mol. The van der Waals surface area contributed by atoms with E-state index in [1.165, 1.54) is 23.1 Å². The maximum atomic E-state index is 10.9. The topological polar surface area (TPSA) is 53.7 Å². The van der Waals surface area contributed by atoms with Crippen LogP contribution < -0.4 is 0 Å². The van der Waals surface area contributed by atoms with Crippen LogP contribution in [-0.4, -0.2) is 35.6 Å². The van der Waals surface area contributed by atoms with Gasteiger partial charge in [0, 0.05) is 5.56 Å². The number of piperidine rings is 1. The molecule has 1 saturated heterocycles. The minimum absolute atomic E-state index is 0.169. The SMILES string of the molecule is O=C(O)CN1CCC2(CCc3cc(-c4ccoc4)ccc32)CC1. The quantitative estimate of drug-likeness (QED) is 0.945. The smallest absolute Gasteiger partial charge is 0.317 e. The van der Waals surface area contributed by atoms with Crippen LogP contribution in [0.4, 0.5) is 0 Å². The van der Waals surface area contributed by atoms with Gasteiger partial charge in [0.2, 0.25) is 0 Å². The first kappa shape index (κ1) is 14.5. The first-order valence-electron chi connectivity index (χ1n) is 8.26. The molecule has 4 nitrogen and oxygen atoms in total. The number of furan rings is 1. The zero-order valence-electron chi connectivity index (χ0n) is 13.1. The predicted octanol–water partition coefficient (Wildman–Crippen LogP) is 3.31. The summed E-state index contributed by atoms with van der Waals surface area (Å²) in [5.41, 5.74) is 5.55. The molecule has 1 spiro atoms. The number of rotatable bonds is 3. The maximum Gasteiger partial charge on any atom is 0.317 e. The molecule has 1 aliphatic heterocycles. The van der Waals surface area contributed by atoms with Crippen molar-refractivity contribution < 1.29 is 14.3 Å². The van der Waals surface area contributed by atoms with E-state index in [0.29, 0.717) is 0 Å². The Labute approximate surface area is 135 Å². The minimum Gasteiger partial charge on any atom is -0.480 e. The molecule has 1 aromatic carbocycles. The summed E-state index contributed by atoms with van der Waals surface area (Å²) in [4.78, 5) is 12.9. The Morgan fingerprint density at radius 3 is 2.70 bits per heavy atom. The molecule has 2 aliphatic rings. The fraction of sp³-hybridized carbons (Fsp3) is 0.421. The van der Waals surface area contributed by atoms with Crippen LogP contribution in [0.15, 0.2) is 41.2 Å². The average Bonchev–Trinajstić information content (AvgIpc) is 3.18. The van der Waals surface area contributed by atoms with E-state index in [1.807, 2.05) is 6.07 Å². The van der Waals surface area contributed by atoms with Gasteiger partial charge in [-0.25, -0.2) is 0 Å². The summed E-state index contributed by atoms with van der Waals surface area (Å²) in [5, 5.41) is 8.95. The van der Waals surface area contributed by atoms with Crippen molar-refractivity contribution >= 4 is 5.97 Å².